The molecule has 2 fully saturated rings. The lowest BCUT2D eigenvalue weighted by molar-refractivity contribution is 0.0950. The summed E-state index contributed by atoms with van der Waals surface area (Å²) in [6.07, 6.45) is 3.67. The topological polar surface area (TPSA) is 35.5 Å². The van der Waals surface area contributed by atoms with E-state index in [9.17, 15) is 4.79 Å². The van der Waals surface area contributed by atoms with Crippen molar-refractivity contribution in [3.63, 3.8) is 0 Å². The molecule has 4 heteroatoms. The highest BCUT2D eigenvalue weighted by molar-refractivity contribution is 6.34. The van der Waals surface area contributed by atoms with Crippen LogP contribution in [0.25, 0.3) is 0 Å². The Hall–Kier alpha value is -1.22. The van der Waals surface area contributed by atoms with Gasteiger partial charge in [-0.3, -0.25) is 4.79 Å². The molecule has 2 unspecified atom stereocenters. The van der Waals surface area contributed by atoms with Crippen LogP contribution in [-0.2, 0) is 0 Å². The third kappa shape index (κ3) is 1.75. The van der Waals surface area contributed by atoms with Gasteiger partial charge in [-0.05, 0) is 30.7 Å². The van der Waals surface area contributed by atoms with Gasteiger partial charge in [0.05, 0.1) is 5.02 Å². The highest BCUT2D eigenvalue weighted by Gasteiger charge is 2.56. The van der Waals surface area contributed by atoms with Gasteiger partial charge in [0, 0.05) is 17.5 Å². The van der Waals surface area contributed by atoms with Crippen molar-refractivity contribution in [3.05, 3.63) is 22.7 Å². The van der Waals surface area contributed by atoms with E-state index in [1.807, 2.05) is 0 Å². The molecule has 0 N–H and O–H groups in total. The average Bonchev–Trinajstić information content (AvgIpc) is 2.90. The van der Waals surface area contributed by atoms with Crippen LogP contribution < -0.4 is 9.47 Å². The lowest BCUT2D eigenvalue weighted by atomic mass is 10.0. The fraction of sp³-hybridized carbons (Fsp3) is 0.533. The average molecular weight is 279 g/mol. The molecule has 100 valence electrons. The van der Waals surface area contributed by atoms with E-state index in [0.29, 0.717) is 47.1 Å². The Balaban J connectivity index is 1.65. The molecule has 0 saturated heterocycles. The van der Waals surface area contributed by atoms with Crippen LogP contribution in [0.5, 0.6) is 11.5 Å². The SMILES string of the molecule is O=C(c1cc2c(cc1Cl)OCCO2)C1C2CCCC21. The zero-order valence-electron chi connectivity index (χ0n) is 10.5. The first kappa shape index (κ1) is 11.6. The second kappa shape index (κ2) is 4.14. The summed E-state index contributed by atoms with van der Waals surface area (Å²) >= 11 is 6.23. The molecule has 0 bridgehead atoms. The van der Waals surface area contributed by atoms with Crippen LogP contribution in [-0.4, -0.2) is 19.0 Å². The van der Waals surface area contributed by atoms with Crippen molar-refractivity contribution in [2.45, 2.75) is 19.3 Å². The minimum absolute atomic E-state index is 0.191. The maximum absolute atomic E-state index is 12.5. The summed E-state index contributed by atoms with van der Waals surface area (Å²) in [4.78, 5) is 12.5. The number of carbonyl (C=O) groups excluding carboxylic acids is 1. The number of hydrogen-bond acceptors (Lipinski definition) is 3. The molecule has 2 aliphatic carbocycles. The van der Waals surface area contributed by atoms with E-state index in [1.165, 1.54) is 19.3 Å². The molecule has 1 heterocycles. The smallest absolute Gasteiger partial charge is 0.168 e. The van der Waals surface area contributed by atoms with Crippen molar-refractivity contribution in [2.24, 2.45) is 17.8 Å². The zero-order chi connectivity index (χ0) is 13.0. The van der Waals surface area contributed by atoms with Crippen molar-refractivity contribution in [1.29, 1.82) is 0 Å². The Morgan fingerprint density at radius 2 is 1.74 bits per heavy atom. The monoisotopic (exact) mass is 278 g/mol. The normalized spacial score (nSPS) is 30.9. The molecule has 3 nitrogen and oxygen atoms in total. The lowest BCUT2D eigenvalue weighted by Crippen LogP contribution is -2.16. The molecule has 3 aliphatic rings. The quantitative estimate of drug-likeness (QED) is 0.779. The standard InChI is InChI=1S/C15H15ClO3/c16-11-7-13-12(18-4-5-19-13)6-10(11)15(17)14-8-2-1-3-9(8)14/h6-9,14H,1-5H2. The molecule has 19 heavy (non-hydrogen) atoms. The van der Waals surface area contributed by atoms with Crippen molar-refractivity contribution >= 4 is 17.4 Å². The summed E-state index contributed by atoms with van der Waals surface area (Å²) in [5, 5.41) is 0.485. The predicted octanol–water partition coefficient (Wildman–Crippen LogP) is 3.34. The van der Waals surface area contributed by atoms with Gasteiger partial charge < -0.3 is 9.47 Å². The second-order valence-corrected chi connectivity index (χ2v) is 6.03. The third-order valence-electron chi connectivity index (χ3n) is 4.61. The largest absolute Gasteiger partial charge is 0.486 e. The van der Waals surface area contributed by atoms with E-state index in [1.54, 1.807) is 12.1 Å². The number of ketones is 1. The van der Waals surface area contributed by atoms with E-state index in [2.05, 4.69) is 0 Å². The van der Waals surface area contributed by atoms with E-state index >= 15 is 0 Å². The highest BCUT2D eigenvalue weighted by atomic mass is 35.5. The fourth-order valence-corrected chi connectivity index (χ4v) is 3.89. The van der Waals surface area contributed by atoms with Crippen LogP contribution >= 0.6 is 11.6 Å². The van der Waals surface area contributed by atoms with Gasteiger partial charge in [-0.2, -0.15) is 0 Å². The van der Waals surface area contributed by atoms with Crippen LogP contribution in [0.1, 0.15) is 29.6 Å². The Bertz CT molecular complexity index is 545. The molecule has 0 aromatic heterocycles. The molecule has 4 rings (SSSR count). The van der Waals surface area contributed by atoms with Crippen LogP contribution in [0, 0.1) is 17.8 Å². The number of ether oxygens (including phenoxy) is 2. The maximum Gasteiger partial charge on any atom is 0.168 e. The molecule has 0 radical (unpaired) electrons. The third-order valence-corrected chi connectivity index (χ3v) is 4.92. The fourth-order valence-electron chi connectivity index (χ4n) is 3.64. The van der Waals surface area contributed by atoms with Crippen LogP contribution in [0.2, 0.25) is 5.02 Å². The number of rotatable bonds is 2. The van der Waals surface area contributed by atoms with E-state index < -0.39 is 0 Å². The van der Waals surface area contributed by atoms with Crippen molar-refractivity contribution in [1.82, 2.24) is 0 Å². The van der Waals surface area contributed by atoms with Crippen molar-refractivity contribution in [2.75, 3.05) is 13.2 Å². The van der Waals surface area contributed by atoms with Crippen LogP contribution in [0.15, 0.2) is 12.1 Å². The second-order valence-electron chi connectivity index (χ2n) is 5.62. The minimum Gasteiger partial charge on any atom is -0.486 e. The Morgan fingerprint density at radius 3 is 2.42 bits per heavy atom. The van der Waals surface area contributed by atoms with Gasteiger partial charge in [0.2, 0.25) is 0 Å². The summed E-state index contributed by atoms with van der Waals surface area (Å²) in [5.41, 5.74) is 0.602. The Kier molecular flexibility index (Phi) is 2.52. The Morgan fingerprint density at radius 1 is 1.11 bits per heavy atom. The van der Waals surface area contributed by atoms with Crippen LogP contribution in [0.4, 0.5) is 0 Å². The highest BCUT2D eigenvalue weighted by Crippen LogP contribution is 2.59. The summed E-state index contributed by atoms with van der Waals surface area (Å²) < 4.78 is 11.0. The van der Waals surface area contributed by atoms with Gasteiger partial charge in [0.1, 0.15) is 13.2 Å². The molecule has 2 atom stereocenters. The van der Waals surface area contributed by atoms with Gasteiger partial charge in [0.15, 0.2) is 17.3 Å². The molecule has 1 aromatic rings. The summed E-state index contributed by atoms with van der Waals surface area (Å²) in [7, 11) is 0. The van der Waals surface area contributed by atoms with Crippen LogP contribution in [0.3, 0.4) is 0 Å². The molecular formula is C15H15ClO3. The number of benzene rings is 1. The number of hydrogen-bond donors (Lipinski definition) is 0. The number of Topliss-reactive ketones (excluding diaryl/α,β-unsaturated/α-hetero) is 1. The molecular weight excluding hydrogens is 264 g/mol. The summed E-state index contributed by atoms with van der Waals surface area (Å²) in [6, 6.07) is 3.47. The van der Waals surface area contributed by atoms with Gasteiger partial charge in [0.25, 0.3) is 0 Å². The van der Waals surface area contributed by atoms with E-state index in [4.69, 9.17) is 21.1 Å². The molecule has 0 spiro atoms. The number of halogens is 1. The van der Waals surface area contributed by atoms with Gasteiger partial charge in [-0.25, -0.2) is 0 Å². The van der Waals surface area contributed by atoms with Gasteiger partial charge in [-0.1, -0.05) is 18.0 Å². The number of fused-ring (bicyclic) bond motifs is 2. The molecule has 2 saturated carbocycles. The maximum atomic E-state index is 12.5. The van der Waals surface area contributed by atoms with E-state index in [0.717, 1.165) is 0 Å². The van der Waals surface area contributed by atoms with E-state index in [-0.39, 0.29) is 11.7 Å². The first-order chi connectivity index (χ1) is 9.25. The summed E-state index contributed by atoms with van der Waals surface area (Å²) in [5.74, 6) is 2.90. The predicted molar refractivity (Wildman–Crippen MR) is 71.1 cm³/mol. The van der Waals surface area contributed by atoms with Gasteiger partial charge in [-0.15, -0.1) is 0 Å². The zero-order valence-corrected chi connectivity index (χ0v) is 11.3. The summed E-state index contributed by atoms with van der Waals surface area (Å²) in [6.45, 7) is 1.06. The van der Waals surface area contributed by atoms with Crippen molar-refractivity contribution < 1.29 is 14.3 Å². The Labute approximate surface area is 116 Å². The molecule has 0 amide bonds. The first-order valence-corrected chi connectivity index (χ1v) is 7.27. The lowest BCUT2D eigenvalue weighted by Gasteiger charge is -2.19. The first-order valence-electron chi connectivity index (χ1n) is 6.89. The molecule has 1 aliphatic heterocycles. The van der Waals surface area contributed by atoms with Gasteiger partial charge >= 0.3 is 0 Å². The minimum atomic E-state index is 0.191. The number of carbonyl (C=O) groups is 1. The molecule has 1 aromatic carbocycles. The van der Waals surface area contributed by atoms with Crippen molar-refractivity contribution in [3.8, 4) is 11.5 Å².